The van der Waals surface area contributed by atoms with Gasteiger partial charge in [-0.3, -0.25) is 9.69 Å². The highest BCUT2D eigenvalue weighted by molar-refractivity contribution is 7.89. The van der Waals surface area contributed by atoms with Crippen molar-refractivity contribution in [1.29, 1.82) is 0 Å². The maximum Gasteiger partial charge on any atom is 0.243 e. The number of carbonyl (C=O) groups excluding carboxylic acids is 1. The van der Waals surface area contributed by atoms with Crippen molar-refractivity contribution in [3.05, 3.63) is 53.0 Å². The smallest absolute Gasteiger partial charge is 0.243 e. The summed E-state index contributed by atoms with van der Waals surface area (Å²) in [7, 11) is -3.55. The number of benzene rings is 2. The van der Waals surface area contributed by atoms with Crippen molar-refractivity contribution >= 4 is 43.2 Å². The molecule has 2 aliphatic heterocycles. The molecule has 2 saturated heterocycles. The lowest BCUT2D eigenvalue weighted by Gasteiger charge is -2.26. The van der Waals surface area contributed by atoms with Gasteiger partial charge in [0.25, 0.3) is 0 Å². The molecule has 0 bridgehead atoms. The van der Waals surface area contributed by atoms with Crippen LogP contribution < -0.4 is 5.32 Å². The zero-order valence-corrected chi connectivity index (χ0v) is 21.0. The molecule has 2 fully saturated rings. The fraction of sp³-hybridized carbons (Fsp3) is 0.440. The van der Waals surface area contributed by atoms with E-state index in [1.54, 1.807) is 33.8 Å². The third-order valence-electron chi connectivity index (χ3n) is 6.74. The molecule has 0 saturated carbocycles. The number of para-hydroxylation sites is 1. The summed E-state index contributed by atoms with van der Waals surface area (Å²) >= 11 is 1.69. The van der Waals surface area contributed by atoms with Crippen LogP contribution in [0.15, 0.2) is 47.4 Å². The Hall–Kier alpha value is -2.33. The molecule has 1 amide bonds. The Morgan fingerprint density at radius 3 is 2.68 bits per heavy atom. The van der Waals surface area contributed by atoms with Gasteiger partial charge in [0.2, 0.25) is 15.9 Å². The standard InChI is InChI=1S/C25H30N4O3S2/c1-18-11-12-19(34(31,32)29-14-5-2-6-15-29)16-21(18)26-24(30)17-28-13-7-9-22(28)25-27-20-8-3-4-10-23(20)33-25/h3-4,8,10-12,16,22H,2,5-7,9,13-15,17H2,1H3,(H,26,30)/t22-/m1/s1. The van der Waals surface area contributed by atoms with E-state index < -0.39 is 10.0 Å². The minimum Gasteiger partial charge on any atom is -0.325 e. The molecular formula is C25H30N4O3S2. The number of nitrogens with one attached hydrogen (secondary N) is 1. The molecule has 2 aromatic carbocycles. The molecular weight excluding hydrogens is 468 g/mol. The number of hydrogen-bond donors (Lipinski definition) is 1. The first kappa shape index (κ1) is 23.4. The number of piperidine rings is 1. The molecule has 0 spiro atoms. The zero-order chi connectivity index (χ0) is 23.7. The number of likely N-dealkylation sites (tertiary alicyclic amines) is 1. The molecule has 0 unspecified atom stereocenters. The third-order valence-corrected chi connectivity index (χ3v) is 9.77. The van der Waals surface area contributed by atoms with E-state index in [4.69, 9.17) is 4.98 Å². The summed E-state index contributed by atoms with van der Waals surface area (Å²) in [5.74, 6) is -0.136. The van der Waals surface area contributed by atoms with E-state index >= 15 is 0 Å². The van der Waals surface area contributed by atoms with Gasteiger partial charge in [-0.15, -0.1) is 11.3 Å². The second-order valence-corrected chi connectivity index (χ2v) is 12.1. The molecule has 7 nitrogen and oxygen atoms in total. The zero-order valence-electron chi connectivity index (χ0n) is 19.4. The molecule has 34 heavy (non-hydrogen) atoms. The van der Waals surface area contributed by atoms with Crippen LogP contribution in [0.1, 0.15) is 48.7 Å². The summed E-state index contributed by atoms with van der Waals surface area (Å²) in [6.45, 7) is 4.09. The molecule has 5 rings (SSSR count). The van der Waals surface area contributed by atoms with Gasteiger partial charge < -0.3 is 5.32 Å². The number of anilines is 1. The van der Waals surface area contributed by atoms with Crippen molar-refractivity contribution in [2.45, 2.75) is 50.0 Å². The monoisotopic (exact) mass is 498 g/mol. The van der Waals surface area contributed by atoms with E-state index in [-0.39, 0.29) is 23.4 Å². The third kappa shape index (κ3) is 4.75. The van der Waals surface area contributed by atoms with E-state index in [2.05, 4.69) is 16.3 Å². The summed E-state index contributed by atoms with van der Waals surface area (Å²) in [5.41, 5.74) is 2.40. The predicted octanol–water partition coefficient (Wildman–Crippen LogP) is 4.55. The first-order chi connectivity index (χ1) is 16.4. The van der Waals surface area contributed by atoms with Gasteiger partial charge in [-0.25, -0.2) is 13.4 Å². The number of hydrogen-bond acceptors (Lipinski definition) is 6. The normalized spacial score (nSPS) is 20.1. The molecule has 1 atom stereocenters. The number of carbonyl (C=O) groups is 1. The maximum atomic E-state index is 13.1. The fourth-order valence-corrected chi connectivity index (χ4v) is 7.53. The number of fused-ring (bicyclic) bond motifs is 1. The quantitative estimate of drug-likeness (QED) is 0.539. The minimum absolute atomic E-state index is 0.134. The van der Waals surface area contributed by atoms with Gasteiger partial charge in [0.15, 0.2) is 0 Å². The summed E-state index contributed by atoms with van der Waals surface area (Å²) in [4.78, 5) is 20.2. The van der Waals surface area contributed by atoms with Crippen LogP contribution in [0.3, 0.4) is 0 Å². The number of thiazole rings is 1. The van der Waals surface area contributed by atoms with Crippen LogP contribution in [0.25, 0.3) is 10.2 Å². The average molecular weight is 499 g/mol. The maximum absolute atomic E-state index is 13.1. The molecule has 3 aromatic rings. The Kier molecular flexibility index (Phi) is 6.70. The largest absolute Gasteiger partial charge is 0.325 e. The Labute approximate surface area is 204 Å². The van der Waals surface area contributed by atoms with Gasteiger partial charge >= 0.3 is 0 Å². The second kappa shape index (κ2) is 9.73. The van der Waals surface area contributed by atoms with Crippen LogP contribution in [0.5, 0.6) is 0 Å². The van der Waals surface area contributed by atoms with Crippen LogP contribution in [0.4, 0.5) is 5.69 Å². The molecule has 3 heterocycles. The van der Waals surface area contributed by atoms with Crippen LogP contribution in [0.2, 0.25) is 0 Å². The molecule has 0 radical (unpaired) electrons. The highest BCUT2D eigenvalue weighted by Gasteiger charge is 2.31. The number of sulfonamides is 1. The van der Waals surface area contributed by atoms with Crippen molar-refractivity contribution in [3.63, 3.8) is 0 Å². The van der Waals surface area contributed by atoms with Crippen LogP contribution in [0, 0.1) is 6.92 Å². The van der Waals surface area contributed by atoms with Gasteiger partial charge in [0.1, 0.15) is 5.01 Å². The highest BCUT2D eigenvalue weighted by Crippen LogP contribution is 2.36. The van der Waals surface area contributed by atoms with Gasteiger partial charge in [-0.05, 0) is 69.0 Å². The van der Waals surface area contributed by atoms with Crippen LogP contribution in [-0.4, -0.2) is 54.7 Å². The van der Waals surface area contributed by atoms with E-state index in [0.29, 0.717) is 18.8 Å². The van der Waals surface area contributed by atoms with E-state index in [0.717, 1.165) is 59.4 Å². The van der Waals surface area contributed by atoms with Crippen LogP contribution in [-0.2, 0) is 14.8 Å². The summed E-state index contributed by atoms with van der Waals surface area (Å²) in [6, 6.07) is 13.3. The van der Waals surface area contributed by atoms with Gasteiger partial charge in [-0.2, -0.15) is 4.31 Å². The van der Waals surface area contributed by atoms with Gasteiger partial charge in [0, 0.05) is 18.8 Å². The Bertz CT molecular complexity index is 1270. The number of aryl methyl sites for hydroxylation is 1. The summed E-state index contributed by atoms with van der Waals surface area (Å²) < 4.78 is 28.9. The highest BCUT2D eigenvalue weighted by atomic mass is 32.2. The number of amides is 1. The summed E-state index contributed by atoms with van der Waals surface area (Å²) in [5, 5.41) is 4.02. The van der Waals surface area contributed by atoms with Crippen molar-refractivity contribution in [3.8, 4) is 0 Å². The minimum atomic E-state index is -3.55. The van der Waals surface area contributed by atoms with Crippen molar-refractivity contribution in [2.24, 2.45) is 0 Å². The lowest BCUT2D eigenvalue weighted by Crippen LogP contribution is -2.35. The van der Waals surface area contributed by atoms with Crippen LogP contribution >= 0.6 is 11.3 Å². The molecule has 180 valence electrons. The van der Waals surface area contributed by atoms with Gasteiger partial charge in [-0.1, -0.05) is 24.6 Å². The fourth-order valence-electron chi connectivity index (χ4n) is 4.85. The number of aromatic nitrogens is 1. The molecule has 0 aliphatic carbocycles. The van der Waals surface area contributed by atoms with E-state index in [1.807, 2.05) is 25.1 Å². The Morgan fingerprint density at radius 1 is 1.09 bits per heavy atom. The second-order valence-electron chi connectivity index (χ2n) is 9.14. The van der Waals surface area contributed by atoms with Crippen molar-refractivity contribution in [2.75, 3.05) is 31.5 Å². The number of rotatable bonds is 6. The molecule has 9 heteroatoms. The molecule has 1 N–H and O–H groups in total. The number of nitrogens with zero attached hydrogens (tertiary/aromatic N) is 3. The first-order valence-electron chi connectivity index (χ1n) is 11.9. The van der Waals surface area contributed by atoms with Gasteiger partial charge in [0.05, 0.1) is 27.7 Å². The summed E-state index contributed by atoms with van der Waals surface area (Å²) in [6.07, 6.45) is 4.85. The molecule has 1 aromatic heterocycles. The Morgan fingerprint density at radius 2 is 1.88 bits per heavy atom. The lowest BCUT2D eigenvalue weighted by molar-refractivity contribution is -0.117. The van der Waals surface area contributed by atoms with E-state index in [9.17, 15) is 13.2 Å². The Balaban J connectivity index is 1.29. The van der Waals surface area contributed by atoms with Crippen molar-refractivity contribution < 1.29 is 13.2 Å². The SMILES string of the molecule is Cc1ccc(S(=O)(=O)N2CCCCC2)cc1NC(=O)CN1CCC[C@@H]1c1nc2ccccc2s1. The molecule has 2 aliphatic rings. The predicted molar refractivity (Wildman–Crippen MR) is 136 cm³/mol. The lowest BCUT2D eigenvalue weighted by atomic mass is 10.2. The van der Waals surface area contributed by atoms with E-state index in [1.165, 1.54) is 0 Å². The van der Waals surface area contributed by atoms with Crippen molar-refractivity contribution in [1.82, 2.24) is 14.2 Å². The topological polar surface area (TPSA) is 82.6 Å². The first-order valence-corrected chi connectivity index (χ1v) is 14.2. The average Bonchev–Trinajstić information content (AvgIpc) is 3.47.